The summed E-state index contributed by atoms with van der Waals surface area (Å²) >= 11 is 0. The van der Waals surface area contributed by atoms with Crippen molar-refractivity contribution in [1.82, 2.24) is 5.32 Å². The number of amides is 1. The average Bonchev–Trinajstić information content (AvgIpc) is 2.55. The Balaban J connectivity index is 2.66. The lowest BCUT2D eigenvalue weighted by molar-refractivity contribution is -0.148. The maximum Gasteiger partial charge on any atom is 0.408 e. The van der Waals surface area contributed by atoms with E-state index in [-0.39, 0.29) is 19.4 Å². The summed E-state index contributed by atoms with van der Waals surface area (Å²) in [4.78, 5) is 35.5. The van der Waals surface area contributed by atoms with Gasteiger partial charge >= 0.3 is 18.0 Å². The number of rotatable bonds is 7. The van der Waals surface area contributed by atoms with Gasteiger partial charge in [-0.3, -0.25) is 4.79 Å². The minimum atomic E-state index is -1.00. The van der Waals surface area contributed by atoms with Crippen LogP contribution in [-0.2, 0) is 30.4 Å². The highest BCUT2D eigenvalue weighted by Crippen LogP contribution is 2.10. The number of methoxy groups -OCH3 is 1. The van der Waals surface area contributed by atoms with Crippen LogP contribution in [0.3, 0.4) is 0 Å². The topological polar surface area (TPSA) is 90.9 Å². The van der Waals surface area contributed by atoms with Gasteiger partial charge in [0.2, 0.25) is 0 Å². The smallest absolute Gasteiger partial charge is 0.408 e. The lowest BCUT2D eigenvalue weighted by Gasteiger charge is -2.22. The fourth-order valence-electron chi connectivity index (χ4n) is 1.89. The molecule has 7 heteroatoms. The van der Waals surface area contributed by atoms with E-state index in [0.29, 0.717) is 0 Å². The predicted octanol–water partition coefficient (Wildman–Crippen LogP) is 2.58. The van der Waals surface area contributed by atoms with Gasteiger partial charge < -0.3 is 19.5 Å². The summed E-state index contributed by atoms with van der Waals surface area (Å²) in [5.41, 5.74) is 0.116. The number of carbonyl (C=O) groups excluding carboxylic acids is 3. The van der Waals surface area contributed by atoms with Crippen LogP contribution in [0.5, 0.6) is 0 Å². The van der Waals surface area contributed by atoms with Gasteiger partial charge in [-0.15, -0.1) is 0 Å². The highest BCUT2D eigenvalue weighted by atomic mass is 16.6. The Morgan fingerprint density at radius 1 is 1.12 bits per heavy atom. The molecule has 7 nitrogen and oxygen atoms in total. The summed E-state index contributed by atoms with van der Waals surface area (Å²) < 4.78 is 14.9. The molecule has 0 aliphatic rings. The monoisotopic (exact) mass is 351 g/mol. The summed E-state index contributed by atoms with van der Waals surface area (Å²) in [5.74, 6) is -1.12. The van der Waals surface area contributed by atoms with Crippen LogP contribution in [0.2, 0.25) is 0 Å². The Kier molecular flexibility index (Phi) is 7.91. The number of esters is 2. The van der Waals surface area contributed by atoms with Gasteiger partial charge in [0.05, 0.1) is 7.11 Å². The van der Waals surface area contributed by atoms with E-state index >= 15 is 0 Å². The maximum atomic E-state index is 12.3. The number of hydrogen-bond donors (Lipinski definition) is 1. The van der Waals surface area contributed by atoms with Crippen LogP contribution >= 0.6 is 0 Å². The largest absolute Gasteiger partial charge is 0.469 e. The van der Waals surface area contributed by atoms with E-state index in [0.717, 1.165) is 5.56 Å². The Hall–Kier alpha value is -2.57. The van der Waals surface area contributed by atoms with E-state index in [4.69, 9.17) is 9.47 Å². The van der Waals surface area contributed by atoms with Crippen molar-refractivity contribution in [3.8, 4) is 0 Å². The minimum Gasteiger partial charge on any atom is -0.469 e. The fourth-order valence-corrected chi connectivity index (χ4v) is 1.89. The normalized spacial score (nSPS) is 12.0. The van der Waals surface area contributed by atoms with Gasteiger partial charge in [0, 0.05) is 6.42 Å². The second-order valence-electron chi connectivity index (χ2n) is 6.41. The molecule has 0 aliphatic heterocycles. The predicted molar refractivity (Wildman–Crippen MR) is 90.6 cm³/mol. The van der Waals surface area contributed by atoms with E-state index in [2.05, 4.69) is 10.1 Å². The molecule has 1 atom stereocenters. The van der Waals surface area contributed by atoms with Crippen LogP contribution in [0.15, 0.2) is 30.3 Å². The van der Waals surface area contributed by atoms with Gasteiger partial charge in [-0.1, -0.05) is 30.3 Å². The molecular weight excluding hydrogens is 326 g/mol. The first-order valence-electron chi connectivity index (χ1n) is 7.98. The van der Waals surface area contributed by atoms with Crippen LogP contribution in [0.1, 0.15) is 39.2 Å². The number of carbonyl (C=O) groups is 3. The quantitative estimate of drug-likeness (QED) is 0.600. The Morgan fingerprint density at radius 3 is 2.32 bits per heavy atom. The number of alkyl carbamates (subject to hydrolysis) is 1. The molecule has 0 aliphatic carbocycles. The van der Waals surface area contributed by atoms with Gasteiger partial charge in [-0.2, -0.15) is 0 Å². The van der Waals surface area contributed by atoms with E-state index in [1.165, 1.54) is 7.11 Å². The molecular formula is C18H25NO6. The Bertz CT molecular complexity index is 579. The van der Waals surface area contributed by atoms with Gasteiger partial charge in [-0.25, -0.2) is 9.59 Å². The van der Waals surface area contributed by atoms with Crippen LogP contribution in [0.4, 0.5) is 4.79 Å². The highest BCUT2D eigenvalue weighted by Gasteiger charge is 2.26. The third kappa shape index (κ3) is 8.74. The molecule has 25 heavy (non-hydrogen) atoms. The summed E-state index contributed by atoms with van der Waals surface area (Å²) in [6.45, 7) is 5.21. The van der Waals surface area contributed by atoms with Crippen molar-refractivity contribution < 1.29 is 28.6 Å². The first kappa shape index (κ1) is 20.5. The van der Waals surface area contributed by atoms with Gasteiger partial charge in [0.1, 0.15) is 18.2 Å². The summed E-state index contributed by atoms with van der Waals surface area (Å²) in [6, 6.07) is 8.15. The molecule has 1 aromatic rings. The standard InChI is InChI=1S/C18H25NO6/c1-18(2,3)25-17(22)19-14(10-11-15(20)23-4)16(21)24-12-13-8-6-5-7-9-13/h5-9,14H,10-12H2,1-4H3,(H,19,22)/t14-/m0/s1. The van der Waals surface area contributed by atoms with Gasteiger partial charge in [0.25, 0.3) is 0 Å². The lowest BCUT2D eigenvalue weighted by Crippen LogP contribution is -2.44. The van der Waals surface area contributed by atoms with Crippen molar-refractivity contribution in [3.63, 3.8) is 0 Å². The van der Waals surface area contributed by atoms with Crippen molar-refractivity contribution in [1.29, 1.82) is 0 Å². The molecule has 0 saturated carbocycles. The van der Waals surface area contributed by atoms with E-state index < -0.39 is 29.7 Å². The average molecular weight is 351 g/mol. The molecule has 1 amide bonds. The first-order valence-corrected chi connectivity index (χ1v) is 7.98. The van der Waals surface area contributed by atoms with Crippen molar-refractivity contribution in [2.45, 2.75) is 51.9 Å². The zero-order valence-corrected chi connectivity index (χ0v) is 15.0. The van der Waals surface area contributed by atoms with Crippen molar-refractivity contribution in [3.05, 3.63) is 35.9 Å². The van der Waals surface area contributed by atoms with Crippen molar-refractivity contribution in [2.75, 3.05) is 7.11 Å². The van der Waals surface area contributed by atoms with Crippen molar-refractivity contribution >= 4 is 18.0 Å². The molecule has 0 unspecified atom stereocenters. The zero-order chi connectivity index (χ0) is 18.9. The molecule has 0 spiro atoms. The molecule has 0 radical (unpaired) electrons. The molecule has 0 aromatic heterocycles. The molecule has 0 heterocycles. The SMILES string of the molecule is COC(=O)CC[C@H](NC(=O)OC(C)(C)C)C(=O)OCc1ccccc1. The number of nitrogens with one attached hydrogen (secondary N) is 1. The second-order valence-corrected chi connectivity index (χ2v) is 6.41. The third-order valence-corrected chi connectivity index (χ3v) is 3.06. The van der Waals surface area contributed by atoms with E-state index in [9.17, 15) is 14.4 Å². The number of ether oxygens (including phenoxy) is 3. The highest BCUT2D eigenvalue weighted by molar-refractivity contribution is 5.82. The number of benzene rings is 1. The van der Waals surface area contributed by atoms with Crippen LogP contribution in [0.25, 0.3) is 0 Å². The van der Waals surface area contributed by atoms with Gasteiger partial charge in [-0.05, 0) is 32.8 Å². The first-order chi connectivity index (χ1) is 11.7. The molecule has 0 bridgehead atoms. The molecule has 0 saturated heterocycles. The molecule has 1 aromatic carbocycles. The summed E-state index contributed by atoms with van der Waals surface area (Å²) in [7, 11) is 1.26. The fraction of sp³-hybridized carbons (Fsp3) is 0.500. The Labute approximate surface area is 147 Å². The molecule has 0 fully saturated rings. The molecule has 1 N–H and O–H groups in total. The summed E-state index contributed by atoms with van der Waals surface area (Å²) in [6.07, 6.45) is -0.726. The molecule has 138 valence electrons. The van der Waals surface area contributed by atoms with Crippen LogP contribution < -0.4 is 5.32 Å². The lowest BCUT2D eigenvalue weighted by atomic mass is 10.1. The minimum absolute atomic E-state index is 0.0304. The van der Waals surface area contributed by atoms with Crippen LogP contribution in [0, 0.1) is 0 Å². The van der Waals surface area contributed by atoms with E-state index in [1.807, 2.05) is 30.3 Å². The Morgan fingerprint density at radius 2 is 1.76 bits per heavy atom. The third-order valence-electron chi connectivity index (χ3n) is 3.06. The summed E-state index contributed by atoms with van der Waals surface area (Å²) in [5, 5.41) is 2.45. The molecule has 1 rings (SSSR count). The number of hydrogen-bond acceptors (Lipinski definition) is 6. The van der Waals surface area contributed by atoms with E-state index in [1.54, 1.807) is 20.8 Å². The maximum absolute atomic E-state index is 12.3. The second kappa shape index (κ2) is 9.66. The van der Waals surface area contributed by atoms with Gasteiger partial charge in [0.15, 0.2) is 0 Å². The van der Waals surface area contributed by atoms with Crippen LogP contribution in [-0.4, -0.2) is 36.8 Å². The zero-order valence-electron chi connectivity index (χ0n) is 15.0. The van der Waals surface area contributed by atoms with Crippen molar-refractivity contribution in [2.24, 2.45) is 0 Å².